The van der Waals surface area contributed by atoms with Gasteiger partial charge in [-0.15, -0.1) is 0 Å². The molecule has 0 saturated heterocycles. The van der Waals surface area contributed by atoms with Crippen LogP contribution in [-0.4, -0.2) is 23.2 Å². The fourth-order valence-corrected chi connectivity index (χ4v) is 2.84. The summed E-state index contributed by atoms with van der Waals surface area (Å²) in [7, 11) is -3.64. The standard InChI is InChI=1S/C13H18N4O2S2/c1-2-3-12-15-16-13(20)17(12)9-8-10-4-6-11(7-5-10)21(14,18)19/h4-7H,2-3,8-9H2,1H3,(H,16,20)(H2,14,18,19). The predicted molar refractivity (Wildman–Crippen MR) is 82.9 cm³/mol. The van der Waals surface area contributed by atoms with E-state index in [0.29, 0.717) is 11.3 Å². The van der Waals surface area contributed by atoms with Crippen LogP contribution in [-0.2, 0) is 29.4 Å². The maximum atomic E-state index is 11.2. The molecule has 0 amide bonds. The maximum absolute atomic E-state index is 11.2. The molecule has 0 saturated carbocycles. The largest absolute Gasteiger partial charge is 0.304 e. The second-order valence-electron chi connectivity index (χ2n) is 4.79. The van der Waals surface area contributed by atoms with Gasteiger partial charge in [0.1, 0.15) is 5.82 Å². The Labute approximate surface area is 129 Å². The molecule has 0 atom stereocenters. The SMILES string of the molecule is CCCc1n[nH]c(=S)n1CCc1ccc(S(N)(=O)=O)cc1. The lowest BCUT2D eigenvalue weighted by atomic mass is 10.1. The summed E-state index contributed by atoms with van der Waals surface area (Å²) in [5, 5.41) is 12.1. The number of aromatic amines is 1. The Hall–Kier alpha value is -1.51. The van der Waals surface area contributed by atoms with Crippen LogP contribution in [0.5, 0.6) is 0 Å². The van der Waals surface area contributed by atoms with Gasteiger partial charge in [0.25, 0.3) is 0 Å². The molecular formula is C13H18N4O2S2. The number of rotatable bonds is 6. The van der Waals surface area contributed by atoms with Gasteiger partial charge in [0, 0.05) is 13.0 Å². The summed E-state index contributed by atoms with van der Waals surface area (Å²) >= 11 is 5.22. The number of nitrogens with one attached hydrogen (secondary N) is 1. The van der Waals surface area contributed by atoms with E-state index in [1.165, 1.54) is 12.1 Å². The minimum absolute atomic E-state index is 0.123. The number of aryl methyl sites for hydroxylation is 2. The Morgan fingerprint density at radius 3 is 2.52 bits per heavy atom. The first-order valence-electron chi connectivity index (χ1n) is 6.67. The highest BCUT2D eigenvalue weighted by Crippen LogP contribution is 2.11. The smallest absolute Gasteiger partial charge is 0.238 e. The topological polar surface area (TPSA) is 93.8 Å². The fraction of sp³-hybridized carbons (Fsp3) is 0.385. The first kappa shape index (κ1) is 15.9. The molecule has 3 N–H and O–H groups in total. The van der Waals surface area contributed by atoms with Crippen LogP contribution in [0.3, 0.4) is 0 Å². The molecule has 1 aromatic heterocycles. The zero-order valence-electron chi connectivity index (χ0n) is 11.7. The minimum Gasteiger partial charge on any atom is -0.304 e. The molecule has 0 aliphatic carbocycles. The van der Waals surface area contributed by atoms with Gasteiger partial charge in [0.05, 0.1) is 4.90 Å². The molecule has 2 aromatic rings. The van der Waals surface area contributed by atoms with Gasteiger partial charge < -0.3 is 4.57 Å². The monoisotopic (exact) mass is 326 g/mol. The van der Waals surface area contributed by atoms with E-state index >= 15 is 0 Å². The predicted octanol–water partition coefficient (Wildman–Crippen LogP) is 1.78. The lowest BCUT2D eigenvalue weighted by Gasteiger charge is -2.07. The Kier molecular flexibility index (Phi) is 4.92. The molecule has 0 unspecified atom stereocenters. The Bertz CT molecular complexity index is 760. The fourth-order valence-electron chi connectivity index (χ4n) is 2.08. The lowest BCUT2D eigenvalue weighted by molar-refractivity contribution is 0.597. The van der Waals surface area contributed by atoms with Gasteiger partial charge in [-0.3, -0.25) is 5.10 Å². The van der Waals surface area contributed by atoms with E-state index in [2.05, 4.69) is 17.1 Å². The number of benzene rings is 1. The van der Waals surface area contributed by atoms with Crippen LogP contribution in [0.4, 0.5) is 0 Å². The molecule has 0 bridgehead atoms. The molecule has 1 aromatic carbocycles. The summed E-state index contributed by atoms with van der Waals surface area (Å²) in [5.41, 5.74) is 1.02. The Morgan fingerprint density at radius 2 is 1.95 bits per heavy atom. The van der Waals surface area contributed by atoms with E-state index in [-0.39, 0.29) is 4.90 Å². The van der Waals surface area contributed by atoms with Crippen molar-refractivity contribution in [1.29, 1.82) is 0 Å². The van der Waals surface area contributed by atoms with Crippen LogP contribution in [0.1, 0.15) is 24.7 Å². The van der Waals surface area contributed by atoms with Gasteiger partial charge in [-0.05, 0) is 42.8 Å². The van der Waals surface area contributed by atoms with Crippen molar-refractivity contribution < 1.29 is 8.42 Å². The van der Waals surface area contributed by atoms with Crippen molar-refractivity contribution in [3.05, 3.63) is 40.4 Å². The number of hydrogen-bond acceptors (Lipinski definition) is 4. The molecule has 1 heterocycles. The van der Waals surface area contributed by atoms with E-state index in [4.69, 9.17) is 17.4 Å². The first-order chi connectivity index (χ1) is 9.91. The molecule has 0 aliphatic rings. The molecule has 0 spiro atoms. The van der Waals surface area contributed by atoms with Crippen LogP contribution >= 0.6 is 12.2 Å². The van der Waals surface area contributed by atoms with Gasteiger partial charge in [-0.25, -0.2) is 13.6 Å². The van der Waals surface area contributed by atoms with E-state index < -0.39 is 10.0 Å². The van der Waals surface area contributed by atoms with Crippen molar-refractivity contribution in [3.8, 4) is 0 Å². The van der Waals surface area contributed by atoms with Crippen molar-refractivity contribution in [2.45, 2.75) is 37.6 Å². The second kappa shape index (κ2) is 6.50. The molecule has 114 valence electrons. The number of sulfonamides is 1. The highest BCUT2D eigenvalue weighted by atomic mass is 32.2. The van der Waals surface area contributed by atoms with Crippen molar-refractivity contribution >= 4 is 22.2 Å². The Balaban J connectivity index is 2.10. The van der Waals surface area contributed by atoms with E-state index in [0.717, 1.165) is 30.7 Å². The average Bonchev–Trinajstić information content (AvgIpc) is 2.77. The van der Waals surface area contributed by atoms with Crippen LogP contribution in [0, 0.1) is 4.77 Å². The summed E-state index contributed by atoms with van der Waals surface area (Å²) in [6, 6.07) is 6.57. The third kappa shape index (κ3) is 3.99. The average molecular weight is 326 g/mol. The molecule has 6 nitrogen and oxygen atoms in total. The summed E-state index contributed by atoms with van der Waals surface area (Å²) in [6.45, 7) is 2.80. The van der Waals surface area contributed by atoms with Gasteiger partial charge in [0.2, 0.25) is 10.0 Å². The van der Waals surface area contributed by atoms with Gasteiger partial charge in [-0.1, -0.05) is 19.1 Å². The zero-order chi connectivity index (χ0) is 15.5. The van der Waals surface area contributed by atoms with E-state index in [1.807, 2.05) is 4.57 Å². The second-order valence-corrected chi connectivity index (χ2v) is 6.73. The first-order valence-corrected chi connectivity index (χ1v) is 8.63. The van der Waals surface area contributed by atoms with Crippen LogP contribution in [0.15, 0.2) is 29.2 Å². The number of H-pyrrole nitrogens is 1. The van der Waals surface area contributed by atoms with Crippen LogP contribution in [0.2, 0.25) is 0 Å². The van der Waals surface area contributed by atoms with Crippen molar-refractivity contribution in [2.75, 3.05) is 0 Å². The summed E-state index contributed by atoms with van der Waals surface area (Å²) in [6.07, 6.45) is 2.62. The molecule has 2 rings (SSSR count). The van der Waals surface area contributed by atoms with Crippen LogP contribution in [0.25, 0.3) is 0 Å². The molecule has 0 fully saturated rings. The number of aromatic nitrogens is 3. The highest BCUT2D eigenvalue weighted by Gasteiger charge is 2.08. The van der Waals surface area contributed by atoms with Crippen molar-refractivity contribution in [3.63, 3.8) is 0 Å². The summed E-state index contributed by atoms with van der Waals surface area (Å²) < 4.78 is 25.0. The quantitative estimate of drug-likeness (QED) is 0.791. The van der Waals surface area contributed by atoms with Gasteiger partial charge in [-0.2, -0.15) is 5.10 Å². The number of nitrogens with two attached hydrogens (primary N) is 1. The van der Waals surface area contributed by atoms with E-state index in [9.17, 15) is 8.42 Å². The molecule has 0 radical (unpaired) electrons. The van der Waals surface area contributed by atoms with E-state index in [1.54, 1.807) is 12.1 Å². The molecule has 0 aliphatic heterocycles. The summed E-state index contributed by atoms with van der Waals surface area (Å²) in [4.78, 5) is 0.123. The zero-order valence-corrected chi connectivity index (χ0v) is 13.4. The van der Waals surface area contributed by atoms with Gasteiger partial charge in [0.15, 0.2) is 4.77 Å². The lowest BCUT2D eigenvalue weighted by Crippen LogP contribution is -2.12. The maximum Gasteiger partial charge on any atom is 0.238 e. The third-order valence-electron chi connectivity index (χ3n) is 3.19. The third-order valence-corrected chi connectivity index (χ3v) is 4.43. The van der Waals surface area contributed by atoms with Crippen molar-refractivity contribution in [2.24, 2.45) is 5.14 Å². The number of hydrogen-bond donors (Lipinski definition) is 2. The van der Waals surface area contributed by atoms with Gasteiger partial charge >= 0.3 is 0 Å². The summed E-state index contributed by atoms with van der Waals surface area (Å²) in [5.74, 6) is 0.948. The molecular weight excluding hydrogens is 308 g/mol. The minimum atomic E-state index is -3.64. The highest BCUT2D eigenvalue weighted by molar-refractivity contribution is 7.89. The number of nitrogens with zero attached hydrogens (tertiary/aromatic N) is 2. The Morgan fingerprint density at radius 1 is 1.29 bits per heavy atom. The molecule has 21 heavy (non-hydrogen) atoms. The number of primary sulfonamides is 1. The molecule has 8 heteroatoms. The van der Waals surface area contributed by atoms with Crippen LogP contribution < -0.4 is 5.14 Å². The normalized spacial score (nSPS) is 11.7. The van der Waals surface area contributed by atoms with Crippen molar-refractivity contribution in [1.82, 2.24) is 14.8 Å².